The Morgan fingerprint density at radius 3 is 2.54 bits per heavy atom. The van der Waals surface area contributed by atoms with Crippen LogP contribution in [-0.2, 0) is 0 Å². The SMILES string of the molecule is O=C(NC1CCCCC1)c1ccc2c3c(occ13)-c1ccccc1C2=O. The molecule has 1 saturated carbocycles. The van der Waals surface area contributed by atoms with Crippen molar-refractivity contribution in [3.8, 4) is 11.3 Å². The molecular weight excluding hydrogens is 326 g/mol. The highest BCUT2D eigenvalue weighted by Crippen LogP contribution is 2.41. The molecule has 0 radical (unpaired) electrons. The zero-order valence-electron chi connectivity index (χ0n) is 14.4. The van der Waals surface area contributed by atoms with E-state index in [1.165, 1.54) is 19.3 Å². The summed E-state index contributed by atoms with van der Waals surface area (Å²) in [7, 11) is 0. The second-order valence-electron chi connectivity index (χ2n) is 7.20. The van der Waals surface area contributed by atoms with Crippen molar-refractivity contribution in [1.29, 1.82) is 0 Å². The van der Waals surface area contributed by atoms with Crippen molar-refractivity contribution in [3.05, 3.63) is 59.4 Å². The summed E-state index contributed by atoms with van der Waals surface area (Å²) in [4.78, 5) is 25.7. The molecule has 1 aromatic heterocycles. The summed E-state index contributed by atoms with van der Waals surface area (Å²) < 4.78 is 5.82. The Labute approximate surface area is 151 Å². The van der Waals surface area contributed by atoms with Crippen molar-refractivity contribution in [2.24, 2.45) is 0 Å². The van der Waals surface area contributed by atoms with Crippen molar-refractivity contribution < 1.29 is 14.0 Å². The first kappa shape index (κ1) is 15.4. The zero-order chi connectivity index (χ0) is 17.7. The monoisotopic (exact) mass is 345 g/mol. The fourth-order valence-corrected chi connectivity index (χ4v) is 4.28. The third-order valence-corrected chi connectivity index (χ3v) is 5.61. The lowest BCUT2D eigenvalue weighted by atomic mass is 9.86. The van der Waals surface area contributed by atoms with Crippen LogP contribution in [-0.4, -0.2) is 17.7 Å². The Hall–Kier alpha value is -2.88. The molecule has 0 atom stereocenters. The van der Waals surface area contributed by atoms with E-state index in [9.17, 15) is 9.59 Å². The molecule has 2 aromatic carbocycles. The Morgan fingerprint density at radius 2 is 1.73 bits per heavy atom. The van der Waals surface area contributed by atoms with Gasteiger partial charge in [0.15, 0.2) is 5.78 Å². The minimum absolute atomic E-state index is 0.0151. The number of carbonyl (C=O) groups is 2. The fraction of sp³-hybridized carbons (Fsp3) is 0.273. The number of carbonyl (C=O) groups excluding carboxylic acids is 2. The molecule has 0 aliphatic heterocycles. The highest BCUT2D eigenvalue weighted by atomic mass is 16.3. The van der Waals surface area contributed by atoms with Gasteiger partial charge in [0.05, 0.1) is 11.8 Å². The molecule has 1 fully saturated rings. The van der Waals surface area contributed by atoms with Crippen LogP contribution < -0.4 is 5.32 Å². The second-order valence-corrected chi connectivity index (χ2v) is 7.20. The largest absolute Gasteiger partial charge is 0.463 e. The Kier molecular flexibility index (Phi) is 3.45. The number of rotatable bonds is 2. The fourth-order valence-electron chi connectivity index (χ4n) is 4.28. The predicted molar refractivity (Wildman–Crippen MR) is 99.4 cm³/mol. The highest BCUT2D eigenvalue weighted by Gasteiger charge is 2.30. The van der Waals surface area contributed by atoms with Gasteiger partial charge in [0, 0.05) is 33.5 Å². The summed E-state index contributed by atoms with van der Waals surface area (Å²) in [5, 5.41) is 4.63. The minimum atomic E-state index is -0.0814. The molecule has 2 aliphatic carbocycles. The van der Waals surface area contributed by atoms with Crippen molar-refractivity contribution in [2.75, 3.05) is 0 Å². The minimum Gasteiger partial charge on any atom is -0.463 e. The van der Waals surface area contributed by atoms with E-state index in [0.29, 0.717) is 27.8 Å². The van der Waals surface area contributed by atoms with Gasteiger partial charge in [-0.05, 0) is 25.0 Å². The maximum absolute atomic E-state index is 12.8. The van der Waals surface area contributed by atoms with Crippen LogP contribution in [0.15, 0.2) is 47.1 Å². The molecule has 1 N–H and O–H groups in total. The van der Waals surface area contributed by atoms with Gasteiger partial charge in [-0.1, -0.05) is 43.5 Å². The standard InChI is InChI=1S/C22H19NO3/c24-20-14-8-4-5-9-15(14)21-19-17(20)11-10-16(18(19)12-26-21)22(25)23-13-6-2-1-3-7-13/h4-5,8-13H,1-3,6-7H2,(H,23,25). The zero-order valence-corrected chi connectivity index (χ0v) is 14.4. The van der Waals surface area contributed by atoms with E-state index >= 15 is 0 Å². The van der Waals surface area contributed by atoms with Crippen molar-refractivity contribution in [1.82, 2.24) is 5.32 Å². The summed E-state index contributed by atoms with van der Waals surface area (Å²) in [6, 6.07) is 11.2. The number of nitrogens with one attached hydrogen (secondary N) is 1. The number of hydrogen-bond acceptors (Lipinski definition) is 3. The van der Waals surface area contributed by atoms with E-state index in [4.69, 9.17) is 4.42 Å². The molecule has 26 heavy (non-hydrogen) atoms. The van der Waals surface area contributed by atoms with Gasteiger partial charge in [-0.15, -0.1) is 0 Å². The van der Waals surface area contributed by atoms with Crippen LogP contribution >= 0.6 is 0 Å². The van der Waals surface area contributed by atoms with Crippen molar-refractivity contribution >= 4 is 22.5 Å². The van der Waals surface area contributed by atoms with Gasteiger partial charge in [0.2, 0.25) is 0 Å². The highest BCUT2D eigenvalue weighted by molar-refractivity contribution is 6.27. The molecule has 4 nitrogen and oxygen atoms in total. The molecule has 3 aromatic rings. The van der Waals surface area contributed by atoms with Gasteiger partial charge in [0.1, 0.15) is 5.76 Å². The first-order valence-corrected chi connectivity index (χ1v) is 9.23. The van der Waals surface area contributed by atoms with Crippen LogP contribution in [0.2, 0.25) is 0 Å². The molecule has 0 spiro atoms. The molecule has 4 heteroatoms. The van der Waals surface area contributed by atoms with Crippen LogP contribution in [0.4, 0.5) is 0 Å². The van der Waals surface area contributed by atoms with Crippen molar-refractivity contribution in [3.63, 3.8) is 0 Å². The van der Waals surface area contributed by atoms with Gasteiger partial charge in [-0.2, -0.15) is 0 Å². The molecule has 1 amide bonds. The van der Waals surface area contributed by atoms with E-state index in [1.807, 2.05) is 24.3 Å². The average molecular weight is 345 g/mol. The number of amides is 1. The number of fused-ring (bicyclic) bond motifs is 2. The summed E-state index contributed by atoms with van der Waals surface area (Å²) in [5.74, 6) is 0.582. The van der Waals surface area contributed by atoms with E-state index in [1.54, 1.807) is 18.4 Å². The summed E-state index contributed by atoms with van der Waals surface area (Å²) in [5.41, 5.74) is 2.63. The number of ketones is 1. The van der Waals surface area contributed by atoms with E-state index < -0.39 is 0 Å². The van der Waals surface area contributed by atoms with Crippen LogP contribution in [0.5, 0.6) is 0 Å². The lowest BCUT2D eigenvalue weighted by Crippen LogP contribution is -2.36. The third kappa shape index (κ3) is 2.22. The molecule has 1 heterocycles. The summed E-state index contributed by atoms with van der Waals surface area (Å²) in [6.45, 7) is 0. The molecule has 0 bridgehead atoms. The van der Waals surface area contributed by atoms with Gasteiger partial charge in [0.25, 0.3) is 5.91 Å². The number of benzene rings is 2. The lowest BCUT2D eigenvalue weighted by molar-refractivity contribution is 0.0928. The van der Waals surface area contributed by atoms with E-state index in [2.05, 4.69) is 5.32 Å². The normalized spacial score (nSPS) is 16.5. The van der Waals surface area contributed by atoms with Crippen LogP contribution in [0.1, 0.15) is 58.4 Å². The smallest absolute Gasteiger partial charge is 0.252 e. The number of furan rings is 1. The topological polar surface area (TPSA) is 59.3 Å². The molecule has 130 valence electrons. The van der Waals surface area contributed by atoms with Gasteiger partial charge >= 0.3 is 0 Å². The molecule has 0 unspecified atom stereocenters. The summed E-state index contributed by atoms with van der Waals surface area (Å²) >= 11 is 0. The van der Waals surface area contributed by atoms with Gasteiger partial charge in [-0.25, -0.2) is 0 Å². The second kappa shape index (κ2) is 5.84. The Morgan fingerprint density at radius 1 is 0.962 bits per heavy atom. The third-order valence-electron chi connectivity index (χ3n) is 5.61. The van der Waals surface area contributed by atoms with Crippen molar-refractivity contribution in [2.45, 2.75) is 38.1 Å². The maximum atomic E-state index is 12.8. The Bertz CT molecular complexity index is 1040. The predicted octanol–water partition coefficient (Wildman–Crippen LogP) is 4.71. The average Bonchev–Trinajstić information content (AvgIpc) is 3.12. The Balaban J connectivity index is 1.60. The molecule has 5 rings (SSSR count). The van der Waals surface area contributed by atoms with E-state index in [-0.39, 0.29) is 17.7 Å². The molecule has 0 saturated heterocycles. The van der Waals surface area contributed by atoms with Gasteiger partial charge < -0.3 is 9.73 Å². The molecular formula is C22H19NO3. The molecule has 2 aliphatic rings. The quantitative estimate of drug-likeness (QED) is 0.572. The van der Waals surface area contributed by atoms with Crippen LogP contribution in [0, 0.1) is 0 Å². The van der Waals surface area contributed by atoms with Crippen LogP contribution in [0.25, 0.3) is 22.1 Å². The maximum Gasteiger partial charge on any atom is 0.252 e. The van der Waals surface area contributed by atoms with E-state index in [0.717, 1.165) is 23.8 Å². The first-order chi connectivity index (χ1) is 12.7. The first-order valence-electron chi connectivity index (χ1n) is 9.23. The number of hydrogen-bond donors (Lipinski definition) is 1. The van der Waals surface area contributed by atoms with Gasteiger partial charge in [-0.3, -0.25) is 9.59 Å². The van der Waals surface area contributed by atoms with Crippen LogP contribution in [0.3, 0.4) is 0 Å². The summed E-state index contributed by atoms with van der Waals surface area (Å²) in [6.07, 6.45) is 7.27. The lowest BCUT2D eigenvalue weighted by Gasteiger charge is -2.23.